The second-order valence-electron chi connectivity index (χ2n) is 7.22. The molecule has 0 saturated heterocycles. The Bertz CT molecular complexity index is 816. The van der Waals surface area contributed by atoms with Gasteiger partial charge in [-0.05, 0) is 56.2 Å². The van der Waals surface area contributed by atoms with E-state index in [2.05, 4.69) is 28.6 Å². The minimum Gasteiger partial charge on any atom is -0.489 e. The lowest BCUT2D eigenvalue weighted by molar-refractivity contribution is 0.0827. The summed E-state index contributed by atoms with van der Waals surface area (Å²) < 4.78 is 5.96. The maximum Gasteiger partial charge on any atom is 0.253 e. The minimum atomic E-state index is -0.00279. The van der Waals surface area contributed by atoms with Crippen LogP contribution in [0.25, 0.3) is 0 Å². The molecule has 0 aliphatic carbocycles. The topological polar surface area (TPSA) is 66.0 Å². The summed E-state index contributed by atoms with van der Waals surface area (Å²) in [6.45, 7) is 8.05. The molecule has 1 amide bonds. The van der Waals surface area contributed by atoms with Gasteiger partial charge in [0.05, 0.1) is 13.1 Å². The smallest absolute Gasteiger partial charge is 0.253 e. The van der Waals surface area contributed by atoms with Gasteiger partial charge >= 0.3 is 0 Å². The number of benzene rings is 2. The zero-order chi connectivity index (χ0) is 21.2. The summed E-state index contributed by atoms with van der Waals surface area (Å²) in [5.74, 6) is 1.60. The van der Waals surface area contributed by atoms with Gasteiger partial charge in [-0.3, -0.25) is 4.79 Å². The lowest BCUT2D eigenvalue weighted by Crippen LogP contribution is -2.41. The van der Waals surface area contributed by atoms with Gasteiger partial charge in [0, 0.05) is 26.2 Å². The first-order chi connectivity index (χ1) is 13.9. The van der Waals surface area contributed by atoms with Crippen molar-refractivity contribution in [2.45, 2.75) is 33.4 Å². The SMILES string of the molecule is CCNC(=NCc1ccc(C(=O)N(C)C)cc1)NCC(C)Oc1cccc(C)c1. The molecule has 0 aliphatic rings. The van der Waals surface area contributed by atoms with Crippen molar-refractivity contribution in [2.24, 2.45) is 4.99 Å². The molecule has 2 rings (SSSR count). The number of amides is 1. The third-order valence-electron chi connectivity index (χ3n) is 4.25. The number of rotatable bonds is 8. The van der Waals surface area contributed by atoms with Gasteiger partial charge in [0.2, 0.25) is 0 Å². The molecule has 2 N–H and O–H groups in total. The quantitative estimate of drug-likeness (QED) is 0.531. The standard InChI is InChI=1S/C23H32N4O2/c1-6-24-23(25-15-18(3)29-21-9-7-8-17(2)14-21)26-16-19-10-12-20(13-11-19)22(28)27(4)5/h7-14,18H,6,15-16H2,1-5H3,(H2,24,25,26). The van der Waals surface area contributed by atoms with Crippen molar-refractivity contribution >= 4 is 11.9 Å². The van der Waals surface area contributed by atoms with Crippen molar-refractivity contribution in [3.05, 3.63) is 65.2 Å². The average molecular weight is 397 g/mol. The fourth-order valence-electron chi connectivity index (χ4n) is 2.73. The van der Waals surface area contributed by atoms with Crippen LogP contribution in [0, 0.1) is 6.92 Å². The highest BCUT2D eigenvalue weighted by atomic mass is 16.5. The molecule has 6 heteroatoms. The number of hydrogen-bond acceptors (Lipinski definition) is 3. The number of aliphatic imine (C=N–C) groups is 1. The third-order valence-corrected chi connectivity index (χ3v) is 4.25. The predicted octanol–water partition coefficient (Wildman–Crippen LogP) is 3.22. The van der Waals surface area contributed by atoms with Gasteiger partial charge in [-0.1, -0.05) is 24.3 Å². The van der Waals surface area contributed by atoms with Crippen LogP contribution in [-0.2, 0) is 6.54 Å². The van der Waals surface area contributed by atoms with Crippen LogP contribution in [0.2, 0.25) is 0 Å². The van der Waals surface area contributed by atoms with E-state index in [1.54, 1.807) is 19.0 Å². The highest BCUT2D eigenvalue weighted by Gasteiger charge is 2.08. The van der Waals surface area contributed by atoms with Crippen LogP contribution in [0.5, 0.6) is 5.75 Å². The molecule has 0 fully saturated rings. The summed E-state index contributed by atoms with van der Waals surface area (Å²) in [6, 6.07) is 15.6. The molecule has 0 heterocycles. The lowest BCUT2D eigenvalue weighted by atomic mass is 10.1. The van der Waals surface area contributed by atoms with Crippen LogP contribution in [-0.4, -0.2) is 50.1 Å². The van der Waals surface area contributed by atoms with Crippen LogP contribution in [0.15, 0.2) is 53.5 Å². The first kappa shape index (κ1) is 22.3. The van der Waals surface area contributed by atoms with Crippen molar-refractivity contribution < 1.29 is 9.53 Å². The maximum absolute atomic E-state index is 12.0. The zero-order valence-corrected chi connectivity index (χ0v) is 18.0. The van der Waals surface area contributed by atoms with E-state index in [0.717, 1.165) is 23.8 Å². The minimum absolute atomic E-state index is 0.00217. The average Bonchev–Trinajstić information content (AvgIpc) is 2.70. The number of aryl methyl sites for hydroxylation is 1. The predicted molar refractivity (Wildman–Crippen MR) is 119 cm³/mol. The van der Waals surface area contributed by atoms with Gasteiger partial charge < -0.3 is 20.3 Å². The van der Waals surface area contributed by atoms with E-state index in [9.17, 15) is 4.79 Å². The molecular weight excluding hydrogens is 364 g/mol. The van der Waals surface area contributed by atoms with Crippen molar-refractivity contribution in [3.8, 4) is 5.75 Å². The number of carbonyl (C=O) groups is 1. The van der Waals surface area contributed by atoms with Crippen molar-refractivity contribution in [1.82, 2.24) is 15.5 Å². The maximum atomic E-state index is 12.0. The largest absolute Gasteiger partial charge is 0.489 e. The molecule has 156 valence electrons. The molecule has 0 spiro atoms. The Morgan fingerprint density at radius 2 is 1.86 bits per heavy atom. The highest BCUT2D eigenvalue weighted by molar-refractivity contribution is 5.93. The van der Waals surface area contributed by atoms with Gasteiger partial charge in [-0.25, -0.2) is 4.99 Å². The fourth-order valence-corrected chi connectivity index (χ4v) is 2.73. The number of guanidine groups is 1. The first-order valence-corrected chi connectivity index (χ1v) is 9.95. The third kappa shape index (κ3) is 7.49. The zero-order valence-electron chi connectivity index (χ0n) is 18.0. The summed E-state index contributed by atoms with van der Waals surface area (Å²) >= 11 is 0. The normalized spacial score (nSPS) is 12.2. The van der Waals surface area contributed by atoms with Gasteiger partial charge in [0.25, 0.3) is 5.91 Å². The molecule has 0 aliphatic heterocycles. The monoisotopic (exact) mass is 396 g/mol. The Morgan fingerprint density at radius 1 is 1.14 bits per heavy atom. The Morgan fingerprint density at radius 3 is 2.48 bits per heavy atom. The van der Waals surface area contributed by atoms with Crippen LogP contribution in [0.4, 0.5) is 0 Å². The molecule has 0 saturated carbocycles. The number of hydrogen-bond donors (Lipinski definition) is 2. The molecule has 1 unspecified atom stereocenters. The summed E-state index contributed by atoms with van der Waals surface area (Å²) in [5, 5.41) is 6.57. The Kier molecular flexibility index (Phi) is 8.52. The van der Waals surface area contributed by atoms with E-state index in [4.69, 9.17) is 4.74 Å². The molecule has 2 aromatic carbocycles. The lowest BCUT2D eigenvalue weighted by Gasteiger charge is -2.18. The van der Waals surface area contributed by atoms with E-state index >= 15 is 0 Å². The van der Waals surface area contributed by atoms with Gasteiger partial charge in [-0.15, -0.1) is 0 Å². The molecule has 0 bridgehead atoms. The molecule has 29 heavy (non-hydrogen) atoms. The summed E-state index contributed by atoms with van der Waals surface area (Å²) in [6.07, 6.45) is -0.00279. The van der Waals surface area contributed by atoms with Crippen molar-refractivity contribution in [1.29, 1.82) is 0 Å². The molecule has 1 atom stereocenters. The number of nitrogens with one attached hydrogen (secondary N) is 2. The van der Waals surface area contributed by atoms with Crippen LogP contribution in [0.3, 0.4) is 0 Å². The van der Waals surface area contributed by atoms with Gasteiger partial charge in [0.15, 0.2) is 5.96 Å². The molecular formula is C23H32N4O2. The Labute approximate surface area is 174 Å². The second kappa shape index (κ2) is 11.1. The summed E-state index contributed by atoms with van der Waals surface area (Å²) in [5.41, 5.74) is 2.90. The fraction of sp³-hybridized carbons (Fsp3) is 0.391. The van der Waals surface area contributed by atoms with Crippen molar-refractivity contribution in [2.75, 3.05) is 27.2 Å². The van der Waals surface area contributed by atoms with E-state index in [1.165, 1.54) is 5.56 Å². The highest BCUT2D eigenvalue weighted by Crippen LogP contribution is 2.14. The molecule has 0 aromatic heterocycles. The van der Waals surface area contributed by atoms with Crippen LogP contribution in [0.1, 0.15) is 35.3 Å². The Balaban J connectivity index is 1.91. The molecule has 6 nitrogen and oxygen atoms in total. The summed E-state index contributed by atoms with van der Waals surface area (Å²) in [7, 11) is 3.50. The first-order valence-electron chi connectivity index (χ1n) is 9.95. The van der Waals surface area contributed by atoms with Crippen LogP contribution < -0.4 is 15.4 Å². The van der Waals surface area contributed by atoms with Crippen molar-refractivity contribution in [3.63, 3.8) is 0 Å². The number of ether oxygens (including phenoxy) is 1. The Hall–Kier alpha value is -3.02. The van der Waals surface area contributed by atoms with Gasteiger partial charge in [0.1, 0.15) is 11.9 Å². The molecule has 2 aromatic rings. The van der Waals surface area contributed by atoms with E-state index in [0.29, 0.717) is 18.7 Å². The van der Waals surface area contributed by atoms with Gasteiger partial charge in [-0.2, -0.15) is 0 Å². The second-order valence-corrected chi connectivity index (χ2v) is 7.22. The summed E-state index contributed by atoms with van der Waals surface area (Å²) in [4.78, 5) is 18.2. The van der Waals surface area contributed by atoms with E-state index < -0.39 is 0 Å². The number of carbonyl (C=O) groups excluding carboxylic acids is 1. The van der Waals surface area contributed by atoms with E-state index in [-0.39, 0.29) is 12.0 Å². The molecule has 0 radical (unpaired) electrons. The van der Waals surface area contributed by atoms with Crippen LogP contribution >= 0.6 is 0 Å². The number of nitrogens with zero attached hydrogens (tertiary/aromatic N) is 2. The van der Waals surface area contributed by atoms with E-state index in [1.807, 2.05) is 56.3 Å².